The highest BCUT2D eigenvalue weighted by Crippen LogP contribution is 2.37. The quantitative estimate of drug-likeness (QED) is 0.556. The predicted octanol–water partition coefficient (Wildman–Crippen LogP) is 4.72. The van der Waals surface area contributed by atoms with Crippen molar-refractivity contribution in [3.05, 3.63) is 77.2 Å². The number of rotatable bonds is 7. The number of fused-ring (bicyclic) bond motifs is 1. The summed E-state index contributed by atoms with van der Waals surface area (Å²) in [5.74, 6) is -1.26. The van der Waals surface area contributed by atoms with Gasteiger partial charge in [0.1, 0.15) is 23.4 Å². The molecule has 6 nitrogen and oxygen atoms in total. The molecule has 0 spiro atoms. The summed E-state index contributed by atoms with van der Waals surface area (Å²) in [4.78, 5) is 15.8. The van der Waals surface area contributed by atoms with Crippen molar-refractivity contribution < 1.29 is 28.9 Å². The summed E-state index contributed by atoms with van der Waals surface area (Å²) in [6, 6.07) is 15.1. The average Bonchev–Trinajstić information content (AvgIpc) is 3.20. The van der Waals surface area contributed by atoms with E-state index in [9.17, 15) is 14.3 Å². The number of nitrogens with zero attached hydrogens (tertiary/aromatic N) is 1. The lowest BCUT2D eigenvalue weighted by Gasteiger charge is -2.19. The zero-order valence-electron chi connectivity index (χ0n) is 17.8. The summed E-state index contributed by atoms with van der Waals surface area (Å²) in [5, 5.41) is 19.5. The van der Waals surface area contributed by atoms with Gasteiger partial charge in [0.25, 0.3) is 0 Å². The highest BCUT2D eigenvalue weighted by Gasteiger charge is 2.27. The molecule has 0 aliphatic heterocycles. The standard InChI is InChI=1S/C25H24FNO5/c1-14(25(29)30)24(28)15-4-3-5-17(12-15)32-23-11-10-21-18(23)7-9-22(27-21)19-13-16(31-2)6-8-20(19)26/h3-9,12-14,23-24,28H,10-11H2,1-2H3,(H,29,30)/t14-,23+,24+/m0/s1. The number of aliphatic hydroxyl groups is 1. The lowest BCUT2D eigenvalue weighted by molar-refractivity contribution is -0.145. The molecule has 1 aliphatic carbocycles. The van der Waals surface area contributed by atoms with Crippen molar-refractivity contribution in [2.24, 2.45) is 5.92 Å². The second kappa shape index (κ2) is 8.96. The van der Waals surface area contributed by atoms with E-state index >= 15 is 0 Å². The fourth-order valence-corrected chi connectivity index (χ4v) is 3.89. The van der Waals surface area contributed by atoms with Crippen molar-refractivity contribution in [3.8, 4) is 22.8 Å². The van der Waals surface area contributed by atoms with Crippen LogP contribution in [0, 0.1) is 11.7 Å². The van der Waals surface area contributed by atoms with E-state index in [1.54, 1.807) is 42.5 Å². The summed E-state index contributed by atoms with van der Waals surface area (Å²) in [6.45, 7) is 1.46. The summed E-state index contributed by atoms with van der Waals surface area (Å²) < 4.78 is 25.7. The van der Waals surface area contributed by atoms with E-state index in [-0.39, 0.29) is 11.9 Å². The molecule has 2 N–H and O–H groups in total. The van der Waals surface area contributed by atoms with Gasteiger partial charge >= 0.3 is 5.97 Å². The van der Waals surface area contributed by atoms with Gasteiger partial charge in [0, 0.05) is 16.8 Å². The molecule has 3 atom stereocenters. The monoisotopic (exact) mass is 437 g/mol. The van der Waals surface area contributed by atoms with Crippen LogP contribution in [0.4, 0.5) is 4.39 Å². The summed E-state index contributed by atoms with van der Waals surface area (Å²) in [7, 11) is 1.53. The molecular weight excluding hydrogens is 413 g/mol. The Morgan fingerprint density at radius 1 is 1.16 bits per heavy atom. The number of hydrogen-bond acceptors (Lipinski definition) is 5. The van der Waals surface area contributed by atoms with Gasteiger partial charge in [-0.05, 0) is 61.7 Å². The average molecular weight is 437 g/mol. The summed E-state index contributed by atoms with van der Waals surface area (Å²) in [6.07, 6.45) is 0.0440. The number of aromatic nitrogens is 1. The van der Waals surface area contributed by atoms with Gasteiger partial charge in [-0.15, -0.1) is 0 Å². The van der Waals surface area contributed by atoms with Crippen LogP contribution in [0.1, 0.15) is 42.4 Å². The van der Waals surface area contributed by atoms with Crippen LogP contribution in [0.15, 0.2) is 54.6 Å². The molecule has 3 aromatic rings. The zero-order valence-corrected chi connectivity index (χ0v) is 17.8. The smallest absolute Gasteiger partial charge is 0.309 e. The van der Waals surface area contributed by atoms with Gasteiger partial charge in [-0.1, -0.05) is 18.2 Å². The Labute approximate surface area is 185 Å². The first-order chi connectivity index (χ1) is 15.4. The Morgan fingerprint density at radius 3 is 2.72 bits per heavy atom. The number of hydrogen-bond donors (Lipinski definition) is 2. The molecule has 0 amide bonds. The molecule has 1 aliphatic rings. The molecule has 0 saturated carbocycles. The van der Waals surface area contributed by atoms with Crippen LogP contribution in [0.5, 0.6) is 11.5 Å². The number of carbonyl (C=O) groups is 1. The Balaban J connectivity index is 1.55. The Hall–Kier alpha value is -3.45. The van der Waals surface area contributed by atoms with Crippen molar-refractivity contribution in [1.29, 1.82) is 0 Å². The first kappa shape index (κ1) is 21.8. The minimum Gasteiger partial charge on any atom is -0.497 e. The number of carboxylic acid groups (broad SMARTS) is 1. The van der Waals surface area contributed by atoms with Crippen LogP contribution < -0.4 is 9.47 Å². The third kappa shape index (κ3) is 4.29. The molecule has 7 heteroatoms. The van der Waals surface area contributed by atoms with Crippen molar-refractivity contribution >= 4 is 5.97 Å². The maximum absolute atomic E-state index is 14.3. The topological polar surface area (TPSA) is 88.9 Å². The van der Waals surface area contributed by atoms with Gasteiger partial charge in [0.05, 0.1) is 24.8 Å². The van der Waals surface area contributed by atoms with Gasteiger partial charge in [0.2, 0.25) is 0 Å². The normalized spacial score (nSPS) is 16.8. The number of aryl methyl sites for hydroxylation is 1. The molecule has 32 heavy (non-hydrogen) atoms. The molecule has 0 unspecified atom stereocenters. The number of ether oxygens (including phenoxy) is 2. The molecule has 0 fully saturated rings. The number of aliphatic hydroxyl groups excluding tert-OH is 1. The van der Waals surface area contributed by atoms with E-state index in [2.05, 4.69) is 4.98 Å². The number of pyridine rings is 1. The van der Waals surface area contributed by atoms with Gasteiger partial charge < -0.3 is 19.7 Å². The molecule has 1 aromatic heterocycles. The van der Waals surface area contributed by atoms with Crippen LogP contribution in [-0.4, -0.2) is 28.3 Å². The molecule has 166 valence electrons. The summed E-state index contributed by atoms with van der Waals surface area (Å²) >= 11 is 0. The zero-order chi connectivity index (χ0) is 22.8. The fraction of sp³-hybridized carbons (Fsp3) is 0.280. The third-order valence-electron chi connectivity index (χ3n) is 5.79. The van der Waals surface area contributed by atoms with E-state index in [0.717, 1.165) is 11.3 Å². The van der Waals surface area contributed by atoms with Gasteiger partial charge in [-0.3, -0.25) is 9.78 Å². The second-order valence-electron chi connectivity index (χ2n) is 7.87. The molecule has 0 radical (unpaired) electrons. The molecule has 0 saturated heterocycles. The predicted molar refractivity (Wildman–Crippen MR) is 116 cm³/mol. The number of carboxylic acids is 1. The van der Waals surface area contributed by atoms with E-state index < -0.39 is 18.0 Å². The van der Waals surface area contributed by atoms with Crippen LogP contribution in [-0.2, 0) is 11.2 Å². The van der Waals surface area contributed by atoms with E-state index in [1.807, 2.05) is 6.07 Å². The Kier molecular flexibility index (Phi) is 6.10. The first-order valence-corrected chi connectivity index (χ1v) is 10.4. The SMILES string of the molecule is COc1ccc(F)c(-c2ccc3c(n2)CC[C@H]3Oc2cccc([C@H](O)[C@H](C)C(=O)O)c2)c1. The maximum Gasteiger partial charge on any atom is 0.309 e. The van der Waals surface area contributed by atoms with Gasteiger partial charge in [-0.25, -0.2) is 4.39 Å². The Bertz CT molecular complexity index is 1150. The van der Waals surface area contributed by atoms with E-state index in [4.69, 9.17) is 14.6 Å². The van der Waals surface area contributed by atoms with Crippen molar-refractivity contribution in [3.63, 3.8) is 0 Å². The van der Waals surface area contributed by atoms with Crippen molar-refractivity contribution in [1.82, 2.24) is 4.98 Å². The fourth-order valence-electron chi connectivity index (χ4n) is 3.89. The van der Waals surface area contributed by atoms with Gasteiger partial charge in [-0.2, -0.15) is 0 Å². The first-order valence-electron chi connectivity index (χ1n) is 10.4. The third-order valence-corrected chi connectivity index (χ3v) is 5.79. The lowest BCUT2D eigenvalue weighted by Crippen LogP contribution is -2.18. The number of aliphatic carboxylic acids is 1. The minimum atomic E-state index is -1.13. The van der Waals surface area contributed by atoms with E-state index in [0.29, 0.717) is 41.2 Å². The Morgan fingerprint density at radius 2 is 1.97 bits per heavy atom. The van der Waals surface area contributed by atoms with Crippen molar-refractivity contribution in [2.75, 3.05) is 7.11 Å². The van der Waals surface area contributed by atoms with Crippen LogP contribution in [0.25, 0.3) is 11.3 Å². The highest BCUT2D eigenvalue weighted by atomic mass is 19.1. The maximum atomic E-state index is 14.3. The second-order valence-corrected chi connectivity index (χ2v) is 7.87. The molecular formula is C25H24FNO5. The van der Waals surface area contributed by atoms with Crippen LogP contribution >= 0.6 is 0 Å². The van der Waals surface area contributed by atoms with Gasteiger partial charge in [0.15, 0.2) is 0 Å². The molecule has 2 aromatic carbocycles. The number of benzene rings is 2. The molecule has 1 heterocycles. The van der Waals surface area contributed by atoms with Crippen LogP contribution in [0.3, 0.4) is 0 Å². The number of methoxy groups -OCH3 is 1. The molecule has 0 bridgehead atoms. The largest absolute Gasteiger partial charge is 0.497 e. The van der Waals surface area contributed by atoms with Crippen LogP contribution in [0.2, 0.25) is 0 Å². The minimum absolute atomic E-state index is 0.231. The number of halogens is 1. The van der Waals surface area contributed by atoms with E-state index in [1.165, 1.54) is 20.1 Å². The highest BCUT2D eigenvalue weighted by molar-refractivity contribution is 5.70. The lowest BCUT2D eigenvalue weighted by atomic mass is 9.97. The van der Waals surface area contributed by atoms with Crippen molar-refractivity contribution in [2.45, 2.75) is 32.0 Å². The molecule has 4 rings (SSSR count). The summed E-state index contributed by atoms with van der Waals surface area (Å²) in [5.41, 5.74) is 3.18.